The Morgan fingerprint density at radius 3 is 2.83 bits per heavy atom. The highest BCUT2D eigenvalue weighted by Gasteiger charge is 2.06. The minimum absolute atomic E-state index is 0.0906. The number of carbonyl (C=O) groups excluding carboxylic acids is 1. The van der Waals surface area contributed by atoms with Crippen molar-refractivity contribution in [2.45, 2.75) is 26.9 Å². The van der Waals surface area contributed by atoms with Crippen LogP contribution >= 0.6 is 0 Å². The molecule has 0 aromatic heterocycles. The molecular weight excluding hydrogens is 226 g/mol. The van der Waals surface area contributed by atoms with Gasteiger partial charge < -0.3 is 10.1 Å². The van der Waals surface area contributed by atoms with Crippen LogP contribution in [0.25, 0.3) is 10.8 Å². The molecule has 0 saturated heterocycles. The molecule has 0 aliphatic heterocycles. The number of rotatable bonds is 3. The molecular formula is C15H15NO2. The van der Waals surface area contributed by atoms with Crippen LogP contribution in [0.2, 0.25) is 0 Å². The molecule has 3 nitrogen and oxygen atoms in total. The molecule has 1 amide bonds. The lowest BCUT2D eigenvalue weighted by molar-refractivity contribution is -0.114. The highest BCUT2D eigenvalue weighted by Crippen LogP contribution is 2.28. The topological polar surface area (TPSA) is 38.3 Å². The van der Waals surface area contributed by atoms with Crippen molar-refractivity contribution in [3.63, 3.8) is 0 Å². The summed E-state index contributed by atoms with van der Waals surface area (Å²) in [5.74, 6) is 0.665. The fourth-order valence-electron chi connectivity index (χ4n) is 1.75. The lowest BCUT2D eigenvalue weighted by Crippen LogP contribution is -2.07. The molecule has 2 aromatic carbocycles. The summed E-state index contributed by atoms with van der Waals surface area (Å²) >= 11 is 0. The van der Waals surface area contributed by atoms with Crippen molar-refractivity contribution >= 4 is 22.4 Å². The number of fused-ring (bicyclic) bond motifs is 1. The summed E-state index contributed by atoms with van der Waals surface area (Å²) < 4.78 is 5.72. The molecule has 0 aliphatic rings. The molecule has 0 atom stereocenters. The van der Waals surface area contributed by atoms with E-state index in [1.807, 2.05) is 32.0 Å². The van der Waals surface area contributed by atoms with Gasteiger partial charge in [0.25, 0.3) is 0 Å². The van der Waals surface area contributed by atoms with Gasteiger partial charge in [-0.1, -0.05) is 6.07 Å². The van der Waals surface area contributed by atoms with Crippen molar-refractivity contribution in [1.29, 1.82) is 0 Å². The second-order valence-electron chi connectivity index (χ2n) is 4.39. The molecule has 3 heteroatoms. The van der Waals surface area contributed by atoms with E-state index in [2.05, 4.69) is 17.4 Å². The number of anilines is 1. The predicted molar refractivity (Wildman–Crippen MR) is 71.7 cm³/mol. The average Bonchev–Trinajstić information content (AvgIpc) is 2.28. The largest absolute Gasteiger partial charge is 0.490 e. The quantitative estimate of drug-likeness (QED) is 0.896. The molecule has 0 aliphatic carbocycles. The summed E-state index contributed by atoms with van der Waals surface area (Å²) in [6, 6.07) is 13.3. The zero-order valence-corrected chi connectivity index (χ0v) is 10.7. The molecule has 0 bridgehead atoms. The van der Waals surface area contributed by atoms with Crippen LogP contribution in [0.1, 0.15) is 20.8 Å². The van der Waals surface area contributed by atoms with Gasteiger partial charge in [-0.3, -0.25) is 4.79 Å². The molecule has 2 aromatic rings. The van der Waals surface area contributed by atoms with Crippen LogP contribution < -0.4 is 10.1 Å². The standard InChI is InChI=1S/C15H15NO2/c1-10(2)18-15-6-4-5-12-7-8-13(9-14(12)15)16-11(3)17/h6-10H,1-3H3,(H,16,17). The number of carbonyl (C=O) groups is 1. The van der Waals surface area contributed by atoms with Crippen LogP contribution in [-0.4, -0.2) is 12.0 Å². The highest BCUT2D eigenvalue weighted by molar-refractivity contribution is 5.95. The van der Waals surface area contributed by atoms with Crippen molar-refractivity contribution in [2.24, 2.45) is 0 Å². The van der Waals surface area contributed by atoms with Gasteiger partial charge in [0.05, 0.1) is 6.10 Å². The van der Waals surface area contributed by atoms with E-state index in [0.29, 0.717) is 0 Å². The van der Waals surface area contributed by atoms with E-state index in [1.54, 1.807) is 6.07 Å². The third kappa shape index (κ3) is 2.80. The van der Waals surface area contributed by atoms with E-state index in [0.717, 1.165) is 22.2 Å². The van der Waals surface area contributed by atoms with Gasteiger partial charge in [-0.2, -0.15) is 0 Å². The van der Waals surface area contributed by atoms with Gasteiger partial charge in [-0.05, 0) is 49.6 Å². The highest BCUT2D eigenvalue weighted by atomic mass is 16.5. The van der Waals surface area contributed by atoms with E-state index in [-0.39, 0.29) is 12.0 Å². The fourth-order valence-corrected chi connectivity index (χ4v) is 1.75. The first-order valence-electron chi connectivity index (χ1n) is 5.86. The van der Waals surface area contributed by atoms with Crippen LogP contribution in [0, 0.1) is 12.1 Å². The first-order chi connectivity index (χ1) is 8.56. The Morgan fingerprint density at radius 2 is 2.17 bits per heavy atom. The SMILES string of the molecule is CC(=O)Nc1ccc2[c][c]cc(OC(C)C)c2c1. The summed E-state index contributed by atoms with van der Waals surface area (Å²) in [5.41, 5.74) is 0.753. The Hall–Kier alpha value is -2.03. The Balaban J connectivity index is 2.47. The van der Waals surface area contributed by atoms with Crippen LogP contribution in [-0.2, 0) is 4.79 Å². The summed E-state index contributed by atoms with van der Waals surface area (Å²) in [5, 5.41) is 4.60. The Kier molecular flexibility index (Phi) is 3.51. The van der Waals surface area contributed by atoms with Crippen LogP contribution in [0.4, 0.5) is 5.69 Å². The Morgan fingerprint density at radius 1 is 1.39 bits per heavy atom. The van der Waals surface area contributed by atoms with Gasteiger partial charge in [-0.15, -0.1) is 0 Å². The maximum atomic E-state index is 11.1. The lowest BCUT2D eigenvalue weighted by Gasteiger charge is -2.13. The molecule has 92 valence electrons. The van der Waals surface area contributed by atoms with E-state index < -0.39 is 0 Å². The van der Waals surface area contributed by atoms with Gasteiger partial charge in [0.1, 0.15) is 5.75 Å². The monoisotopic (exact) mass is 241 g/mol. The predicted octanol–water partition coefficient (Wildman–Crippen LogP) is 3.19. The number of ether oxygens (including phenoxy) is 1. The number of hydrogen-bond donors (Lipinski definition) is 1. The molecule has 0 unspecified atom stereocenters. The van der Waals surface area contributed by atoms with E-state index >= 15 is 0 Å². The average molecular weight is 241 g/mol. The zero-order chi connectivity index (χ0) is 13.1. The van der Waals surface area contributed by atoms with Crippen molar-refractivity contribution in [3.8, 4) is 5.75 Å². The zero-order valence-electron chi connectivity index (χ0n) is 10.7. The number of benzene rings is 2. The fraction of sp³-hybridized carbons (Fsp3) is 0.267. The summed E-state index contributed by atoms with van der Waals surface area (Å²) in [6.07, 6.45) is 0.0911. The first-order valence-corrected chi connectivity index (χ1v) is 5.86. The molecule has 0 spiro atoms. The smallest absolute Gasteiger partial charge is 0.221 e. The van der Waals surface area contributed by atoms with Gasteiger partial charge in [-0.25, -0.2) is 0 Å². The number of hydrogen-bond acceptors (Lipinski definition) is 2. The van der Waals surface area contributed by atoms with Gasteiger partial charge in [0.2, 0.25) is 5.91 Å². The van der Waals surface area contributed by atoms with Gasteiger partial charge in [0, 0.05) is 18.0 Å². The number of amides is 1. The first kappa shape index (κ1) is 12.4. The third-order valence-electron chi connectivity index (χ3n) is 2.38. The van der Waals surface area contributed by atoms with Crippen molar-refractivity contribution in [1.82, 2.24) is 0 Å². The molecule has 2 rings (SSSR count). The summed E-state index contributed by atoms with van der Waals surface area (Å²) in [7, 11) is 0. The molecule has 0 heterocycles. The minimum Gasteiger partial charge on any atom is -0.490 e. The Labute approximate surface area is 107 Å². The minimum atomic E-state index is -0.0906. The third-order valence-corrected chi connectivity index (χ3v) is 2.38. The van der Waals surface area contributed by atoms with Crippen LogP contribution in [0.5, 0.6) is 5.75 Å². The molecule has 0 fully saturated rings. The maximum Gasteiger partial charge on any atom is 0.221 e. The maximum absolute atomic E-state index is 11.1. The van der Waals surface area contributed by atoms with Gasteiger partial charge >= 0.3 is 0 Å². The molecule has 1 N–H and O–H groups in total. The molecule has 0 saturated carbocycles. The van der Waals surface area contributed by atoms with Crippen molar-refractivity contribution in [2.75, 3.05) is 5.32 Å². The second kappa shape index (κ2) is 5.08. The number of nitrogens with one attached hydrogen (secondary N) is 1. The van der Waals surface area contributed by atoms with E-state index in [4.69, 9.17) is 4.74 Å². The second-order valence-corrected chi connectivity index (χ2v) is 4.39. The summed E-state index contributed by atoms with van der Waals surface area (Å²) in [6.45, 7) is 5.43. The van der Waals surface area contributed by atoms with E-state index in [1.165, 1.54) is 6.92 Å². The molecule has 18 heavy (non-hydrogen) atoms. The van der Waals surface area contributed by atoms with Gasteiger partial charge in [0.15, 0.2) is 0 Å². The van der Waals surface area contributed by atoms with Crippen LogP contribution in [0.3, 0.4) is 0 Å². The molecule has 2 radical (unpaired) electrons. The summed E-state index contributed by atoms with van der Waals surface area (Å²) in [4.78, 5) is 11.1. The Bertz CT molecular complexity index is 576. The van der Waals surface area contributed by atoms with Crippen LogP contribution in [0.15, 0.2) is 24.3 Å². The van der Waals surface area contributed by atoms with Crippen molar-refractivity contribution < 1.29 is 9.53 Å². The lowest BCUT2D eigenvalue weighted by atomic mass is 10.1. The van der Waals surface area contributed by atoms with Crippen molar-refractivity contribution in [3.05, 3.63) is 36.4 Å². The van der Waals surface area contributed by atoms with E-state index in [9.17, 15) is 4.79 Å². The normalized spacial score (nSPS) is 10.7.